The van der Waals surface area contributed by atoms with Crippen LogP contribution in [0.4, 0.5) is 0 Å². The lowest BCUT2D eigenvalue weighted by Crippen LogP contribution is -2.45. The van der Waals surface area contributed by atoms with E-state index in [4.69, 9.17) is 11.6 Å². The number of benzene rings is 2. The lowest BCUT2D eigenvalue weighted by molar-refractivity contribution is 0.111. The molecule has 1 fully saturated rings. The Bertz CT molecular complexity index is 610. The molecule has 0 aliphatic carbocycles. The summed E-state index contributed by atoms with van der Waals surface area (Å²) in [4.78, 5) is 13.0. The maximum absolute atomic E-state index is 10.7. The van der Waals surface area contributed by atoms with Gasteiger partial charge in [-0.2, -0.15) is 0 Å². The third-order valence-corrected chi connectivity index (χ3v) is 4.32. The summed E-state index contributed by atoms with van der Waals surface area (Å²) in [5.74, 6) is 0. The summed E-state index contributed by atoms with van der Waals surface area (Å²) in [5.41, 5.74) is 2.46. The van der Waals surface area contributed by atoms with E-state index in [1.165, 1.54) is 11.1 Å². The van der Waals surface area contributed by atoms with Gasteiger partial charge in [-0.25, -0.2) is 0 Å². The quantitative estimate of drug-likeness (QED) is 0.807. The second-order valence-corrected chi connectivity index (χ2v) is 5.87. The fraction of sp³-hybridized carbons (Fsp3) is 0.294. The second-order valence-electron chi connectivity index (χ2n) is 5.44. The molecule has 1 heterocycles. The van der Waals surface area contributed by atoms with Gasteiger partial charge in [0.05, 0.1) is 24.4 Å². The summed E-state index contributed by atoms with van der Waals surface area (Å²) in [7, 11) is 0. The molecule has 1 saturated heterocycles. The van der Waals surface area contributed by atoms with Crippen molar-refractivity contribution in [3.8, 4) is 0 Å². The fourth-order valence-corrected chi connectivity index (χ4v) is 3.07. The van der Waals surface area contributed by atoms with Gasteiger partial charge in [0.1, 0.15) is 0 Å². The SMILES string of the molecule is O=NN1CCN(C(c2ccccc2)c2ccc(Cl)cc2)CC1. The van der Waals surface area contributed by atoms with Crippen LogP contribution in [-0.2, 0) is 0 Å². The van der Waals surface area contributed by atoms with Gasteiger partial charge in [-0.1, -0.05) is 54.1 Å². The summed E-state index contributed by atoms with van der Waals surface area (Å²) in [6.07, 6.45) is 0. The van der Waals surface area contributed by atoms with E-state index < -0.39 is 0 Å². The minimum absolute atomic E-state index is 0.173. The molecule has 2 aromatic carbocycles. The predicted molar refractivity (Wildman–Crippen MR) is 88.7 cm³/mol. The second kappa shape index (κ2) is 6.90. The summed E-state index contributed by atoms with van der Waals surface area (Å²) in [6.45, 7) is 2.96. The number of hydrogen-bond acceptors (Lipinski definition) is 3. The van der Waals surface area contributed by atoms with Crippen LogP contribution in [0.3, 0.4) is 0 Å². The number of halogens is 1. The number of piperazine rings is 1. The summed E-state index contributed by atoms with van der Waals surface area (Å²) >= 11 is 6.02. The molecule has 0 bridgehead atoms. The molecule has 0 saturated carbocycles. The maximum atomic E-state index is 10.7. The molecule has 1 unspecified atom stereocenters. The minimum atomic E-state index is 0.173. The number of nitroso groups, excluding NO2 is 1. The maximum Gasteiger partial charge on any atom is 0.0603 e. The Balaban J connectivity index is 1.90. The van der Waals surface area contributed by atoms with Crippen molar-refractivity contribution in [1.29, 1.82) is 0 Å². The zero-order chi connectivity index (χ0) is 15.4. The molecule has 0 spiro atoms. The standard InChI is InChI=1S/C17H18ClN3O/c18-16-8-6-15(7-9-16)17(14-4-2-1-3-5-14)20-10-12-21(19-22)13-11-20/h1-9,17H,10-13H2. The largest absolute Gasteiger partial charge is 0.289 e. The van der Waals surface area contributed by atoms with E-state index in [-0.39, 0.29) is 6.04 Å². The van der Waals surface area contributed by atoms with E-state index in [0.29, 0.717) is 13.1 Å². The van der Waals surface area contributed by atoms with Crippen LogP contribution in [0.5, 0.6) is 0 Å². The van der Waals surface area contributed by atoms with Crippen LogP contribution in [0.25, 0.3) is 0 Å². The van der Waals surface area contributed by atoms with Crippen LogP contribution in [-0.4, -0.2) is 36.1 Å². The molecule has 0 radical (unpaired) electrons. The zero-order valence-corrected chi connectivity index (χ0v) is 13.0. The number of hydrogen-bond donors (Lipinski definition) is 0. The molecule has 0 amide bonds. The van der Waals surface area contributed by atoms with E-state index in [0.717, 1.165) is 18.1 Å². The molecule has 114 valence electrons. The van der Waals surface area contributed by atoms with Gasteiger partial charge in [-0.05, 0) is 23.3 Å². The molecular weight excluding hydrogens is 298 g/mol. The van der Waals surface area contributed by atoms with Crippen LogP contribution in [0.2, 0.25) is 5.02 Å². The molecule has 3 rings (SSSR count). The molecule has 22 heavy (non-hydrogen) atoms. The smallest absolute Gasteiger partial charge is 0.0603 e. The minimum Gasteiger partial charge on any atom is -0.289 e. The van der Waals surface area contributed by atoms with Gasteiger partial charge in [0.2, 0.25) is 0 Å². The van der Waals surface area contributed by atoms with Crippen molar-refractivity contribution >= 4 is 11.6 Å². The number of rotatable bonds is 4. The Hall–Kier alpha value is -1.91. The lowest BCUT2D eigenvalue weighted by Gasteiger charge is -2.37. The van der Waals surface area contributed by atoms with Crippen molar-refractivity contribution in [3.05, 3.63) is 75.7 Å². The highest BCUT2D eigenvalue weighted by Gasteiger charge is 2.26. The van der Waals surface area contributed by atoms with Gasteiger partial charge >= 0.3 is 0 Å². The first kappa shape index (κ1) is 15.0. The molecule has 5 heteroatoms. The Morgan fingerprint density at radius 1 is 0.864 bits per heavy atom. The first-order chi connectivity index (χ1) is 10.8. The topological polar surface area (TPSA) is 35.9 Å². The average molecular weight is 316 g/mol. The first-order valence-electron chi connectivity index (χ1n) is 7.40. The molecule has 4 nitrogen and oxygen atoms in total. The lowest BCUT2D eigenvalue weighted by atomic mass is 9.96. The van der Waals surface area contributed by atoms with Crippen molar-refractivity contribution in [2.45, 2.75) is 6.04 Å². The van der Waals surface area contributed by atoms with Gasteiger partial charge in [-0.3, -0.25) is 9.91 Å². The third kappa shape index (κ3) is 3.29. The molecule has 1 aliphatic heterocycles. The number of nitrogens with zero attached hydrogens (tertiary/aromatic N) is 3. The molecule has 0 N–H and O–H groups in total. The normalized spacial score (nSPS) is 17.2. The summed E-state index contributed by atoms with van der Waals surface area (Å²) < 4.78 is 0. The molecule has 0 aromatic heterocycles. The monoisotopic (exact) mass is 315 g/mol. The van der Waals surface area contributed by atoms with Crippen molar-refractivity contribution in [2.24, 2.45) is 5.29 Å². The van der Waals surface area contributed by atoms with Crippen molar-refractivity contribution < 1.29 is 0 Å². The van der Waals surface area contributed by atoms with Gasteiger partial charge in [0, 0.05) is 18.1 Å². The average Bonchev–Trinajstić information content (AvgIpc) is 2.58. The van der Waals surface area contributed by atoms with Gasteiger partial charge in [0.25, 0.3) is 0 Å². The van der Waals surface area contributed by atoms with E-state index in [9.17, 15) is 4.91 Å². The fourth-order valence-electron chi connectivity index (χ4n) is 2.95. The Morgan fingerprint density at radius 3 is 2.05 bits per heavy atom. The van der Waals surface area contributed by atoms with Crippen LogP contribution in [0.15, 0.2) is 59.9 Å². The van der Waals surface area contributed by atoms with E-state index in [1.54, 1.807) is 5.01 Å². The highest BCUT2D eigenvalue weighted by Crippen LogP contribution is 2.30. The third-order valence-electron chi connectivity index (χ3n) is 4.07. The first-order valence-corrected chi connectivity index (χ1v) is 7.78. The van der Waals surface area contributed by atoms with E-state index in [2.05, 4.69) is 46.6 Å². The highest BCUT2D eigenvalue weighted by molar-refractivity contribution is 6.30. The van der Waals surface area contributed by atoms with Gasteiger partial charge in [0.15, 0.2) is 0 Å². The Kier molecular flexibility index (Phi) is 4.71. The Morgan fingerprint density at radius 2 is 1.45 bits per heavy atom. The summed E-state index contributed by atoms with van der Waals surface area (Å²) in [6, 6.07) is 18.6. The molecular formula is C17H18ClN3O. The van der Waals surface area contributed by atoms with E-state index in [1.807, 2.05) is 18.2 Å². The highest BCUT2D eigenvalue weighted by atomic mass is 35.5. The zero-order valence-electron chi connectivity index (χ0n) is 12.2. The van der Waals surface area contributed by atoms with Gasteiger partial charge in [-0.15, -0.1) is 4.91 Å². The Labute approximate surface area is 135 Å². The van der Waals surface area contributed by atoms with Crippen LogP contribution in [0, 0.1) is 4.91 Å². The predicted octanol–water partition coefficient (Wildman–Crippen LogP) is 3.73. The molecule has 2 aromatic rings. The van der Waals surface area contributed by atoms with Crippen LogP contribution >= 0.6 is 11.6 Å². The van der Waals surface area contributed by atoms with Crippen LogP contribution in [0.1, 0.15) is 17.2 Å². The molecule has 1 atom stereocenters. The van der Waals surface area contributed by atoms with Gasteiger partial charge < -0.3 is 0 Å². The summed E-state index contributed by atoms with van der Waals surface area (Å²) in [5, 5.41) is 5.36. The van der Waals surface area contributed by atoms with Crippen molar-refractivity contribution in [1.82, 2.24) is 9.91 Å². The van der Waals surface area contributed by atoms with Crippen molar-refractivity contribution in [2.75, 3.05) is 26.2 Å². The van der Waals surface area contributed by atoms with E-state index >= 15 is 0 Å². The van der Waals surface area contributed by atoms with Crippen LogP contribution < -0.4 is 0 Å². The molecule has 1 aliphatic rings. The van der Waals surface area contributed by atoms with Crippen molar-refractivity contribution in [3.63, 3.8) is 0 Å².